The van der Waals surface area contributed by atoms with Gasteiger partial charge in [-0.3, -0.25) is 4.72 Å². The highest BCUT2D eigenvalue weighted by molar-refractivity contribution is 7.92. The molecule has 1 aromatic rings. The second-order valence-electron chi connectivity index (χ2n) is 3.73. The first-order chi connectivity index (χ1) is 8.43. The zero-order chi connectivity index (χ0) is 13.8. The maximum atomic E-state index is 11.7. The number of sulfonamides is 1. The molecular weight excluding hydrogens is 256 g/mol. The molecule has 0 amide bonds. The zero-order valence-corrected chi connectivity index (χ0v) is 11.5. The maximum Gasteiger partial charge on any atom is 0.234 e. The fraction of sp³-hybridized carbons (Fsp3) is 0.455. The standard InChI is InChI=1S/C11H18N2O4S/c1-8-6-11(17-3)9(7-10(8)16-2)13-18(14,15)5-4-12/h6-7,13H,4-5,12H2,1-3H3. The minimum atomic E-state index is -3.47. The molecule has 6 nitrogen and oxygen atoms in total. The molecule has 1 aromatic carbocycles. The number of hydrogen-bond donors (Lipinski definition) is 2. The average Bonchev–Trinajstić information content (AvgIpc) is 2.30. The Labute approximate surface area is 107 Å². The van der Waals surface area contributed by atoms with Crippen LogP contribution >= 0.6 is 0 Å². The Hall–Kier alpha value is -1.47. The van der Waals surface area contributed by atoms with E-state index < -0.39 is 10.0 Å². The fourth-order valence-electron chi connectivity index (χ4n) is 1.50. The summed E-state index contributed by atoms with van der Waals surface area (Å²) in [5.41, 5.74) is 6.44. The summed E-state index contributed by atoms with van der Waals surface area (Å²) in [4.78, 5) is 0. The molecule has 0 aliphatic carbocycles. The number of rotatable bonds is 6. The van der Waals surface area contributed by atoms with Crippen molar-refractivity contribution in [3.8, 4) is 11.5 Å². The first-order valence-corrected chi connectivity index (χ1v) is 7.02. The number of hydrogen-bond acceptors (Lipinski definition) is 5. The van der Waals surface area contributed by atoms with Crippen LogP contribution < -0.4 is 19.9 Å². The molecule has 3 N–H and O–H groups in total. The fourth-order valence-corrected chi connectivity index (χ4v) is 2.41. The molecule has 0 heterocycles. The van der Waals surface area contributed by atoms with Crippen molar-refractivity contribution in [2.45, 2.75) is 6.92 Å². The van der Waals surface area contributed by atoms with Gasteiger partial charge in [0.25, 0.3) is 0 Å². The highest BCUT2D eigenvalue weighted by Gasteiger charge is 2.15. The summed E-state index contributed by atoms with van der Waals surface area (Å²) in [5.74, 6) is 0.877. The summed E-state index contributed by atoms with van der Waals surface area (Å²) in [6, 6.07) is 3.29. The normalized spacial score (nSPS) is 11.1. The minimum absolute atomic E-state index is 0.0562. The van der Waals surface area contributed by atoms with Gasteiger partial charge in [-0.15, -0.1) is 0 Å². The quantitative estimate of drug-likeness (QED) is 0.797. The molecular formula is C11H18N2O4S. The van der Waals surface area contributed by atoms with Crippen LogP contribution in [-0.2, 0) is 10.0 Å². The molecule has 0 atom stereocenters. The predicted molar refractivity (Wildman–Crippen MR) is 70.7 cm³/mol. The van der Waals surface area contributed by atoms with Crippen LogP contribution in [0.3, 0.4) is 0 Å². The molecule has 102 valence electrons. The first kappa shape index (κ1) is 14.6. The van der Waals surface area contributed by atoms with Crippen molar-refractivity contribution in [2.75, 3.05) is 31.2 Å². The zero-order valence-electron chi connectivity index (χ0n) is 10.7. The molecule has 0 spiro atoms. The van der Waals surface area contributed by atoms with E-state index in [2.05, 4.69) is 4.72 Å². The number of aryl methyl sites for hydroxylation is 1. The Morgan fingerprint density at radius 2 is 1.83 bits per heavy atom. The summed E-state index contributed by atoms with van der Waals surface area (Å²) < 4.78 is 36.0. The van der Waals surface area contributed by atoms with E-state index in [0.29, 0.717) is 17.2 Å². The SMILES string of the molecule is COc1cc(NS(=O)(=O)CCN)c(OC)cc1C. The number of benzene rings is 1. The summed E-state index contributed by atoms with van der Waals surface area (Å²) in [5, 5.41) is 0. The number of methoxy groups -OCH3 is 2. The van der Waals surface area contributed by atoms with Gasteiger partial charge < -0.3 is 15.2 Å². The summed E-state index contributed by atoms with van der Waals surface area (Å²) in [6.07, 6.45) is 0. The van der Waals surface area contributed by atoms with Crippen molar-refractivity contribution < 1.29 is 17.9 Å². The lowest BCUT2D eigenvalue weighted by Crippen LogP contribution is -2.22. The Morgan fingerprint density at radius 1 is 1.22 bits per heavy atom. The van der Waals surface area contributed by atoms with Crippen LogP contribution in [0.4, 0.5) is 5.69 Å². The lowest BCUT2D eigenvalue weighted by Gasteiger charge is -2.14. The van der Waals surface area contributed by atoms with Crippen molar-refractivity contribution in [2.24, 2.45) is 5.73 Å². The highest BCUT2D eigenvalue weighted by Crippen LogP contribution is 2.32. The van der Waals surface area contributed by atoms with E-state index in [1.54, 1.807) is 12.1 Å². The van der Waals surface area contributed by atoms with E-state index in [0.717, 1.165) is 5.56 Å². The molecule has 0 radical (unpaired) electrons. The molecule has 0 aromatic heterocycles. The third-order valence-corrected chi connectivity index (χ3v) is 3.67. The third kappa shape index (κ3) is 3.51. The predicted octanol–water partition coefficient (Wildman–Crippen LogP) is 0.713. The lowest BCUT2D eigenvalue weighted by atomic mass is 10.2. The first-order valence-electron chi connectivity index (χ1n) is 5.36. The largest absolute Gasteiger partial charge is 0.496 e. The molecule has 7 heteroatoms. The van der Waals surface area contributed by atoms with Gasteiger partial charge in [-0.05, 0) is 18.6 Å². The van der Waals surface area contributed by atoms with Gasteiger partial charge in [0.05, 0.1) is 25.7 Å². The van der Waals surface area contributed by atoms with E-state index in [1.807, 2.05) is 6.92 Å². The van der Waals surface area contributed by atoms with Crippen molar-refractivity contribution in [1.29, 1.82) is 0 Å². The van der Waals surface area contributed by atoms with Crippen LogP contribution in [0, 0.1) is 6.92 Å². The Bertz CT molecular complexity index is 514. The smallest absolute Gasteiger partial charge is 0.234 e. The topological polar surface area (TPSA) is 90.7 Å². The van der Waals surface area contributed by atoms with E-state index >= 15 is 0 Å². The van der Waals surface area contributed by atoms with Gasteiger partial charge in [0.15, 0.2) is 0 Å². The van der Waals surface area contributed by atoms with E-state index in [-0.39, 0.29) is 12.3 Å². The molecule has 0 saturated heterocycles. The van der Waals surface area contributed by atoms with Crippen LogP contribution in [0.15, 0.2) is 12.1 Å². The van der Waals surface area contributed by atoms with Gasteiger partial charge >= 0.3 is 0 Å². The molecule has 0 aliphatic rings. The minimum Gasteiger partial charge on any atom is -0.496 e. The molecule has 18 heavy (non-hydrogen) atoms. The Morgan fingerprint density at radius 3 is 2.33 bits per heavy atom. The van der Waals surface area contributed by atoms with Crippen LogP contribution in [0.1, 0.15) is 5.56 Å². The van der Waals surface area contributed by atoms with Gasteiger partial charge in [-0.2, -0.15) is 0 Å². The molecule has 0 unspecified atom stereocenters. The molecule has 0 saturated carbocycles. The summed E-state index contributed by atoms with van der Waals surface area (Å²) in [7, 11) is -0.471. The van der Waals surface area contributed by atoms with Crippen molar-refractivity contribution in [1.82, 2.24) is 0 Å². The Balaban J connectivity index is 3.15. The number of ether oxygens (including phenoxy) is 2. The highest BCUT2D eigenvalue weighted by atomic mass is 32.2. The lowest BCUT2D eigenvalue weighted by molar-refractivity contribution is 0.402. The molecule has 0 fully saturated rings. The van der Waals surface area contributed by atoms with Gasteiger partial charge in [0, 0.05) is 12.6 Å². The second-order valence-corrected chi connectivity index (χ2v) is 5.57. The summed E-state index contributed by atoms with van der Waals surface area (Å²) in [6.45, 7) is 1.90. The number of anilines is 1. The van der Waals surface area contributed by atoms with Crippen molar-refractivity contribution in [3.05, 3.63) is 17.7 Å². The number of nitrogens with one attached hydrogen (secondary N) is 1. The van der Waals surface area contributed by atoms with Gasteiger partial charge in [0.1, 0.15) is 11.5 Å². The van der Waals surface area contributed by atoms with Crippen LogP contribution in [0.25, 0.3) is 0 Å². The van der Waals surface area contributed by atoms with Gasteiger partial charge in [-0.25, -0.2) is 8.42 Å². The molecule has 0 aliphatic heterocycles. The van der Waals surface area contributed by atoms with Gasteiger partial charge in [-0.1, -0.05) is 0 Å². The van der Waals surface area contributed by atoms with E-state index in [4.69, 9.17) is 15.2 Å². The van der Waals surface area contributed by atoms with Crippen molar-refractivity contribution in [3.63, 3.8) is 0 Å². The third-order valence-electron chi connectivity index (χ3n) is 2.37. The summed E-state index contributed by atoms with van der Waals surface area (Å²) >= 11 is 0. The maximum absolute atomic E-state index is 11.7. The molecule has 1 rings (SSSR count). The monoisotopic (exact) mass is 274 g/mol. The van der Waals surface area contributed by atoms with Crippen LogP contribution in [-0.4, -0.2) is 34.9 Å². The Kier molecular flexibility index (Phi) is 4.80. The number of nitrogens with two attached hydrogens (primary N) is 1. The van der Waals surface area contributed by atoms with E-state index in [9.17, 15) is 8.42 Å². The average molecular weight is 274 g/mol. The van der Waals surface area contributed by atoms with Gasteiger partial charge in [0.2, 0.25) is 10.0 Å². The van der Waals surface area contributed by atoms with Crippen LogP contribution in [0.5, 0.6) is 11.5 Å². The molecule has 0 bridgehead atoms. The van der Waals surface area contributed by atoms with Crippen molar-refractivity contribution >= 4 is 15.7 Å². The van der Waals surface area contributed by atoms with E-state index in [1.165, 1.54) is 14.2 Å². The second kappa shape index (κ2) is 5.92. The van der Waals surface area contributed by atoms with Crippen LogP contribution in [0.2, 0.25) is 0 Å².